The SMILES string of the molecule is Cc1cc(C)c(/C=C/c2ccc3ccccc3n2)c(C)c1. The molecule has 3 rings (SSSR count). The quantitative estimate of drug-likeness (QED) is 0.615. The van der Waals surface area contributed by atoms with Crippen LogP contribution in [0, 0.1) is 20.8 Å². The predicted molar refractivity (Wildman–Crippen MR) is 91.3 cm³/mol. The van der Waals surface area contributed by atoms with Crippen molar-refractivity contribution in [1.82, 2.24) is 4.98 Å². The Bertz CT molecular complexity index is 805. The molecule has 0 amide bonds. The van der Waals surface area contributed by atoms with E-state index in [0.717, 1.165) is 11.2 Å². The number of hydrogen-bond donors (Lipinski definition) is 0. The Kier molecular flexibility index (Phi) is 3.57. The summed E-state index contributed by atoms with van der Waals surface area (Å²) in [5, 5.41) is 1.18. The van der Waals surface area contributed by atoms with Gasteiger partial charge in [0.2, 0.25) is 0 Å². The number of rotatable bonds is 2. The number of aryl methyl sites for hydroxylation is 3. The first-order valence-electron chi connectivity index (χ1n) is 7.25. The molecule has 0 aliphatic carbocycles. The van der Waals surface area contributed by atoms with E-state index in [1.807, 2.05) is 12.1 Å². The molecule has 0 N–H and O–H groups in total. The number of pyridine rings is 1. The molecule has 0 aliphatic rings. The second-order valence-electron chi connectivity index (χ2n) is 5.57. The Morgan fingerprint density at radius 3 is 2.29 bits per heavy atom. The summed E-state index contributed by atoms with van der Waals surface area (Å²) in [5.41, 5.74) is 7.25. The zero-order chi connectivity index (χ0) is 14.8. The van der Waals surface area contributed by atoms with Crippen LogP contribution < -0.4 is 0 Å². The molecule has 1 heteroatoms. The van der Waals surface area contributed by atoms with Gasteiger partial charge in [0.05, 0.1) is 11.2 Å². The van der Waals surface area contributed by atoms with Gasteiger partial charge in [-0.25, -0.2) is 4.98 Å². The van der Waals surface area contributed by atoms with Gasteiger partial charge < -0.3 is 0 Å². The van der Waals surface area contributed by atoms with E-state index in [4.69, 9.17) is 0 Å². The summed E-state index contributed by atoms with van der Waals surface area (Å²) in [6, 6.07) is 16.8. The van der Waals surface area contributed by atoms with Crippen molar-refractivity contribution in [2.24, 2.45) is 0 Å². The second kappa shape index (κ2) is 5.53. The second-order valence-corrected chi connectivity index (χ2v) is 5.57. The summed E-state index contributed by atoms with van der Waals surface area (Å²) in [5.74, 6) is 0. The molecule has 0 saturated carbocycles. The largest absolute Gasteiger partial charge is 0.248 e. The fourth-order valence-electron chi connectivity index (χ4n) is 2.80. The molecule has 0 bridgehead atoms. The monoisotopic (exact) mass is 273 g/mol. The van der Waals surface area contributed by atoms with E-state index >= 15 is 0 Å². The molecule has 3 aromatic rings. The summed E-state index contributed by atoms with van der Waals surface area (Å²) < 4.78 is 0. The predicted octanol–water partition coefficient (Wildman–Crippen LogP) is 5.33. The normalized spacial score (nSPS) is 11.4. The van der Waals surface area contributed by atoms with E-state index in [9.17, 15) is 0 Å². The number of nitrogens with zero attached hydrogens (tertiary/aromatic N) is 1. The molecule has 2 aromatic carbocycles. The van der Waals surface area contributed by atoms with Crippen LogP contribution in [0.2, 0.25) is 0 Å². The minimum Gasteiger partial charge on any atom is -0.248 e. The standard InChI is InChI=1S/C20H19N/c1-14-12-15(2)19(16(3)13-14)11-10-18-9-8-17-6-4-5-7-20(17)21-18/h4-13H,1-3H3/b11-10+. The third-order valence-corrected chi connectivity index (χ3v) is 3.78. The Balaban J connectivity index is 1.98. The van der Waals surface area contributed by atoms with Crippen molar-refractivity contribution in [2.45, 2.75) is 20.8 Å². The molecule has 1 nitrogen and oxygen atoms in total. The van der Waals surface area contributed by atoms with Crippen LogP contribution in [0.1, 0.15) is 27.9 Å². The molecule has 0 atom stereocenters. The van der Waals surface area contributed by atoms with Crippen molar-refractivity contribution >= 4 is 23.1 Å². The summed E-state index contributed by atoms with van der Waals surface area (Å²) in [7, 11) is 0. The first kappa shape index (κ1) is 13.6. The van der Waals surface area contributed by atoms with Crippen LogP contribution in [0.15, 0.2) is 48.5 Å². The molecule has 1 aromatic heterocycles. The minimum atomic E-state index is 0.994. The van der Waals surface area contributed by atoms with Gasteiger partial charge in [0.1, 0.15) is 0 Å². The van der Waals surface area contributed by atoms with Crippen molar-refractivity contribution in [3.05, 3.63) is 76.5 Å². The van der Waals surface area contributed by atoms with Gasteiger partial charge in [0.25, 0.3) is 0 Å². The number of fused-ring (bicyclic) bond motifs is 1. The maximum Gasteiger partial charge on any atom is 0.0709 e. The zero-order valence-electron chi connectivity index (χ0n) is 12.7. The lowest BCUT2D eigenvalue weighted by Crippen LogP contribution is -1.89. The summed E-state index contributed by atoms with van der Waals surface area (Å²) in [6.45, 7) is 6.46. The zero-order valence-corrected chi connectivity index (χ0v) is 12.7. The van der Waals surface area contributed by atoms with Crippen molar-refractivity contribution < 1.29 is 0 Å². The molecule has 0 unspecified atom stereocenters. The van der Waals surface area contributed by atoms with Gasteiger partial charge in [-0.05, 0) is 55.7 Å². The Morgan fingerprint density at radius 2 is 1.52 bits per heavy atom. The lowest BCUT2D eigenvalue weighted by atomic mass is 9.99. The maximum absolute atomic E-state index is 4.68. The van der Waals surface area contributed by atoms with Gasteiger partial charge in [-0.2, -0.15) is 0 Å². The number of para-hydroxylation sites is 1. The molecule has 1 heterocycles. The van der Waals surface area contributed by atoms with Crippen LogP contribution in [0.3, 0.4) is 0 Å². The molecule has 0 saturated heterocycles. The van der Waals surface area contributed by atoms with Gasteiger partial charge in [-0.15, -0.1) is 0 Å². The summed E-state index contributed by atoms with van der Waals surface area (Å²) >= 11 is 0. The third kappa shape index (κ3) is 2.87. The van der Waals surface area contributed by atoms with Crippen LogP contribution in [-0.2, 0) is 0 Å². The van der Waals surface area contributed by atoms with Gasteiger partial charge in [0, 0.05) is 5.39 Å². The first-order valence-corrected chi connectivity index (χ1v) is 7.25. The fraction of sp³-hybridized carbons (Fsp3) is 0.150. The lowest BCUT2D eigenvalue weighted by molar-refractivity contribution is 1.30. The molecule has 0 fully saturated rings. The minimum absolute atomic E-state index is 0.994. The fourth-order valence-corrected chi connectivity index (χ4v) is 2.80. The molecule has 0 aliphatic heterocycles. The molecule has 0 radical (unpaired) electrons. The van der Waals surface area contributed by atoms with E-state index in [1.165, 1.54) is 27.6 Å². The van der Waals surface area contributed by atoms with Gasteiger partial charge in [0.15, 0.2) is 0 Å². The average molecular weight is 273 g/mol. The summed E-state index contributed by atoms with van der Waals surface area (Å²) in [4.78, 5) is 4.68. The van der Waals surface area contributed by atoms with Crippen molar-refractivity contribution in [1.29, 1.82) is 0 Å². The molecule has 104 valence electrons. The van der Waals surface area contributed by atoms with E-state index in [2.05, 4.69) is 74.3 Å². The van der Waals surface area contributed by atoms with Crippen LogP contribution in [-0.4, -0.2) is 4.98 Å². The molecular formula is C20H19N. The van der Waals surface area contributed by atoms with E-state index in [1.54, 1.807) is 0 Å². The summed E-state index contributed by atoms with van der Waals surface area (Å²) in [6.07, 6.45) is 4.26. The van der Waals surface area contributed by atoms with Gasteiger partial charge in [-0.3, -0.25) is 0 Å². The average Bonchev–Trinajstić information content (AvgIpc) is 2.46. The van der Waals surface area contributed by atoms with Crippen molar-refractivity contribution in [3.63, 3.8) is 0 Å². The number of hydrogen-bond acceptors (Lipinski definition) is 1. The topological polar surface area (TPSA) is 12.9 Å². The molecule has 0 spiro atoms. The van der Waals surface area contributed by atoms with E-state index < -0.39 is 0 Å². The van der Waals surface area contributed by atoms with Crippen LogP contribution in [0.4, 0.5) is 0 Å². The van der Waals surface area contributed by atoms with Crippen molar-refractivity contribution in [3.8, 4) is 0 Å². The highest BCUT2D eigenvalue weighted by Crippen LogP contribution is 2.19. The van der Waals surface area contributed by atoms with Crippen LogP contribution in [0.5, 0.6) is 0 Å². The first-order chi connectivity index (χ1) is 10.1. The highest BCUT2D eigenvalue weighted by atomic mass is 14.7. The third-order valence-electron chi connectivity index (χ3n) is 3.78. The lowest BCUT2D eigenvalue weighted by Gasteiger charge is -2.07. The Morgan fingerprint density at radius 1 is 0.810 bits per heavy atom. The number of benzene rings is 2. The maximum atomic E-state index is 4.68. The smallest absolute Gasteiger partial charge is 0.0709 e. The Hall–Kier alpha value is -2.41. The van der Waals surface area contributed by atoms with Gasteiger partial charge >= 0.3 is 0 Å². The van der Waals surface area contributed by atoms with E-state index in [0.29, 0.717) is 0 Å². The van der Waals surface area contributed by atoms with Gasteiger partial charge in [-0.1, -0.05) is 48.0 Å². The Labute approximate surface area is 126 Å². The highest BCUT2D eigenvalue weighted by Gasteiger charge is 2.01. The van der Waals surface area contributed by atoms with E-state index in [-0.39, 0.29) is 0 Å². The number of aromatic nitrogens is 1. The highest BCUT2D eigenvalue weighted by molar-refractivity contribution is 5.81. The molecule has 21 heavy (non-hydrogen) atoms. The van der Waals surface area contributed by atoms with Crippen LogP contribution in [0.25, 0.3) is 23.1 Å². The molecular weight excluding hydrogens is 254 g/mol. The van der Waals surface area contributed by atoms with Crippen LogP contribution >= 0.6 is 0 Å². The van der Waals surface area contributed by atoms with Crippen molar-refractivity contribution in [2.75, 3.05) is 0 Å².